The van der Waals surface area contributed by atoms with Crippen molar-refractivity contribution in [3.8, 4) is 0 Å². The van der Waals surface area contributed by atoms with Crippen molar-refractivity contribution in [3.05, 3.63) is 0 Å². The van der Waals surface area contributed by atoms with Crippen molar-refractivity contribution >= 4 is 0 Å². The average Bonchev–Trinajstić information content (AvgIpc) is 2.23. The minimum atomic E-state index is 0.237. The van der Waals surface area contributed by atoms with Crippen LogP contribution in [0, 0.1) is 5.41 Å². The van der Waals surface area contributed by atoms with Crippen LogP contribution in [0.25, 0.3) is 0 Å². The van der Waals surface area contributed by atoms with Crippen LogP contribution in [0.1, 0.15) is 67.2 Å². The molecule has 0 bridgehead atoms. The molecule has 0 aromatic rings. The third kappa shape index (κ3) is 5.71. The fraction of sp³-hybridized carbons (Fsp3) is 1.00. The lowest BCUT2D eigenvalue weighted by atomic mass is 9.82. The van der Waals surface area contributed by atoms with Gasteiger partial charge in [-0.05, 0) is 58.5 Å². The molecule has 0 radical (unpaired) electrons. The molecule has 1 N–H and O–H groups in total. The Morgan fingerprint density at radius 3 is 2.17 bits per heavy atom. The van der Waals surface area contributed by atoms with Crippen LogP contribution < -0.4 is 5.32 Å². The second kappa shape index (κ2) is 6.38. The number of hydrogen-bond acceptors (Lipinski definition) is 2. The summed E-state index contributed by atoms with van der Waals surface area (Å²) in [5, 5.41) is 3.68. The molecule has 0 aromatic carbocycles. The molecule has 18 heavy (non-hydrogen) atoms. The molecule has 1 aliphatic rings. The molecule has 0 spiro atoms. The average molecular weight is 254 g/mol. The summed E-state index contributed by atoms with van der Waals surface area (Å²) in [6.07, 6.45) is 5.31. The maximum Gasteiger partial charge on any atom is 0.0220 e. The maximum absolute atomic E-state index is 3.68. The topological polar surface area (TPSA) is 15.3 Å². The minimum Gasteiger partial charge on any atom is -0.311 e. The van der Waals surface area contributed by atoms with Crippen molar-refractivity contribution in [2.45, 2.75) is 78.8 Å². The largest absolute Gasteiger partial charge is 0.311 e. The molecule has 1 fully saturated rings. The second-order valence-corrected chi connectivity index (χ2v) is 7.77. The van der Waals surface area contributed by atoms with E-state index in [2.05, 4.69) is 51.8 Å². The van der Waals surface area contributed by atoms with E-state index in [0.29, 0.717) is 5.41 Å². The normalized spacial score (nSPS) is 23.0. The Hall–Kier alpha value is -0.0800. The highest BCUT2D eigenvalue weighted by atomic mass is 15.2. The van der Waals surface area contributed by atoms with Crippen LogP contribution >= 0.6 is 0 Å². The summed E-state index contributed by atoms with van der Waals surface area (Å²) in [7, 11) is 0. The van der Waals surface area contributed by atoms with E-state index in [1.54, 1.807) is 0 Å². The first-order valence-corrected chi connectivity index (χ1v) is 7.72. The highest BCUT2D eigenvalue weighted by molar-refractivity contribution is 4.85. The highest BCUT2D eigenvalue weighted by Gasteiger charge is 2.29. The third-order valence-corrected chi connectivity index (χ3v) is 4.16. The van der Waals surface area contributed by atoms with Gasteiger partial charge in [0.05, 0.1) is 0 Å². The molecule has 0 aliphatic carbocycles. The van der Waals surface area contributed by atoms with Crippen LogP contribution in [0.15, 0.2) is 0 Å². The summed E-state index contributed by atoms with van der Waals surface area (Å²) in [5.74, 6) is 0. The van der Waals surface area contributed by atoms with Gasteiger partial charge in [-0.2, -0.15) is 0 Å². The Morgan fingerprint density at radius 1 is 1.17 bits per heavy atom. The van der Waals surface area contributed by atoms with E-state index < -0.39 is 0 Å². The van der Waals surface area contributed by atoms with Crippen LogP contribution in [0.3, 0.4) is 0 Å². The third-order valence-electron chi connectivity index (χ3n) is 4.16. The van der Waals surface area contributed by atoms with Gasteiger partial charge < -0.3 is 5.32 Å². The molecule has 0 aromatic heterocycles. The van der Waals surface area contributed by atoms with Gasteiger partial charge in [-0.25, -0.2) is 0 Å². The van der Waals surface area contributed by atoms with Gasteiger partial charge >= 0.3 is 0 Å². The van der Waals surface area contributed by atoms with E-state index in [1.165, 1.54) is 38.8 Å². The lowest BCUT2D eigenvalue weighted by Crippen LogP contribution is -2.50. The summed E-state index contributed by atoms with van der Waals surface area (Å²) in [4.78, 5) is 2.72. The molecule has 1 atom stereocenters. The molecule has 2 heteroatoms. The van der Waals surface area contributed by atoms with Gasteiger partial charge in [0, 0.05) is 18.1 Å². The smallest absolute Gasteiger partial charge is 0.0220 e. The van der Waals surface area contributed by atoms with E-state index in [4.69, 9.17) is 0 Å². The Morgan fingerprint density at radius 2 is 1.72 bits per heavy atom. The summed E-state index contributed by atoms with van der Waals surface area (Å²) in [6.45, 7) is 17.6. The SMILES string of the molecule is CCCC(CNC(C)(C)C)N1CCC(C)(C)CC1. The molecular weight excluding hydrogens is 220 g/mol. The number of hydrogen-bond donors (Lipinski definition) is 1. The van der Waals surface area contributed by atoms with Crippen molar-refractivity contribution in [1.82, 2.24) is 10.2 Å². The molecule has 0 saturated carbocycles. The number of piperidine rings is 1. The molecular formula is C16H34N2. The Bertz CT molecular complexity index is 230. The standard InChI is InChI=1S/C16H34N2/c1-7-8-14(13-17-15(2,3)4)18-11-9-16(5,6)10-12-18/h14,17H,7-13H2,1-6H3. The number of rotatable bonds is 5. The van der Waals surface area contributed by atoms with Gasteiger partial charge in [-0.15, -0.1) is 0 Å². The van der Waals surface area contributed by atoms with Gasteiger partial charge in [0.15, 0.2) is 0 Å². The zero-order valence-electron chi connectivity index (χ0n) is 13.5. The number of nitrogens with zero attached hydrogens (tertiary/aromatic N) is 1. The summed E-state index contributed by atoms with van der Waals surface area (Å²) in [5.41, 5.74) is 0.797. The van der Waals surface area contributed by atoms with Crippen LogP contribution in [0.4, 0.5) is 0 Å². The van der Waals surface area contributed by atoms with Crippen molar-refractivity contribution in [3.63, 3.8) is 0 Å². The van der Waals surface area contributed by atoms with E-state index in [9.17, 15) is 0 Å². The van der Waals surface area contributed by atoms with Crippen molar-refractivity contribution in [2.75, 3.05) is 19.6 Å². The fourth-order valence-corrected chi connectivity index (χ4v) is 2.67. The van der Waals surface area contributed by atoms with E-state index in [-0.39, 0.29) is 5.54 Å². The van der Waals surface area contributed by atoms with Crippen molar-refractivity contribution in [1.29, 1.82) is 0 Å². The van der Waals surface area contributed by atoms with Gasteiger partial charge in [0.1, 0.15) is 0 Å². The van der Waals surface area contributed by atoms with Gasteiger partial charge in [-0.1, -0.05) is 27.2 Å². The van der Waals surface area contributed by atoms with Gasteiger partial charge in [0.25, 0.3) is 0 Å². The summed E-state index contributed by atoms with van der Waals surface area (Å²) in [6, 6.07) is 0.727. The quantitative estimate of drug-likeness (QED) is 0.805. The van der Waals surface area contributed by atoms with Crippen molar-refractivity contribution in [2.24, 2.45) is 5.41 Å². The molecule has 1 aliphatic heterocycles. The molecule has 1 rings (SSSR count). The summed E-state index contributed by atoms with van der Waals surface area (Å²) >= 11 is 0. The highest BCUT2D eigenvalue weighted by Crippen LogP contribution is 2.31. The molecule has 1 unspecified atom stereocenters. The summed E-state index contributed by atoms with van der Waals surface area (Å²) < 4.78 is 0. The Labute approximate surface area is 115 Å². The lowest BCUT2D eigenvalue weighted by Gasteiger charge is -2.42. The Balaban J connectivity index is 2.47. The zero-order valence-corrected chi connectivity index (χ0v) is 13.5. The molecule has 1 saturated heterocycles. The van der Waals surface area contributed by atoms with Crippen LogP contribution in [-0.4, -0.2) is 36.1 Å². The fourth-order valence-electron chi connectivity index (χ4n) is 2.67. The first-order valence-electron chi connectivity index (χ1n) is 7.72. The van der Waals surface area contributed by atoms with E-state index in [0.717, 1.165) is 12.6 Å². The van der Waals surface area contributed by atoms with Crippen LogP contribution in [0.2, 0.25) is 0 Å². The van der Waals surface area contributed by atoms with E-state index >= 15 is 0 Å². The second-order valence-electron chi connectivity index (χ2n) is 7.77. The van der Waals surface area contributed by atoms with Crippen LogP contribution in [-0.2, 0) is 0 Å². The van der Waals surface area contributed by atoms with E-state index in [1.807, 2.05) is 0 Å². The first-order chi connectivity index (χ1) is 8.23. The molecule has 108 valence electrons. The minimum absolute atomic E-state index is 0.237. The van der Waals surface area contributed by atoms with Gasteiger partial charge in [0.2, 0.25) is 0 Å². The monoisotopic (exact) mass is 254 g/mol. The zero-order chi connectivity index (χ0) is 13.8. The molecule has 1 heterocycles. The first kappa shape index (κ1) is 16.0. The lowest BCUT2D eigenvalue weighted by molar-refractivity contribution is 0.0856. The predicted octanol–water partition coefficient (Wildman–Crippen LogP) is 3.67. The predicted molar refractivity (Wildman–Crippen MR) is 81.0 cm³/mol. The Kier molecular flexibility index (Phi) is 5.67. The molecule has 0 amide bonds. The molecule has 2 nitrogen and oxygen atoms in total. The van der Waals surface area contributed by atoms with Crippen LogP contribution in [0.5, 0.6) is 0 Å². The number of nitrogens with one attached hydrogen (secondary N) is 1. The van der Waals surface area contributed by atoms with Crippen molar-refractivity contribution < 1.29 is 0 Å². The number of likely N-dealkylation sites (tertiary alicyclic amines) is 1. The maximum atomic E-state index is 3.68. The van der Waals surface area contributed by atoms with Gasteiger partial charge in [-0.3, -0.25) is 4.90 Å².